The number of nitrogens with zero attached hydrogens (tertiary/aromatic N) is 2. The number of hydrogen-bond acceptors (Lipinski definition) is 7. The minimum absolute atomic E-state index is 0.125. The number of morpholine rings is 1. The van der Waals surface area contributed by atoms with E-state index < -0.39 is 27.4 Å². The van der Waals surface area contributed by atoms with E-state index >= 15 is 0 Å². The predicted octanol–water partition coefficient (Wildman–Crippen LogP) is 1.59. The highest BCUT2D eigenvalue weighted by molar-refractivity contribution is 7.89. The lowest BCUT2D eigenvalue weighted by Gasteiger charge is -2.29. The normalized spacial score (nSPS) is 20.1. The number of imide groups is 1. The molecular formula is C25H23N3O6S. The first-order valence-electron chi connectivity index (χ1n) is 11.0. The van der Waals surface area contributed by atoms with Crippen molar-refractivity contribution in [3.05, 3.63) is 89.5 Å². The molecule has 1 saturated heterocycles. The van der Waals surface area contributed by atoms with Gasteiger partial charge >= 0.3 is 0 Å². The zero-order valence-corrected chi connectivity index (χ0v) is 19.4. The second-order valence-electron chi connectivity index (χ2n) is 8.39. The molecule has 3 aromatic rings. The summed E-state index contributed by atoms with van der Waals surface area (Å²) in [7, 11) is -3.95. The van der Waals surface area contributed by atoms with Gasteiger partial charge in [-0.05, 0) is 48.0 Å². The van der Waals surface area contributed by atoms with Gasteiger partial charge in [0.1, 0.15) is 0 Å². The maximum Gasteiger partial charge on any atom is 0.275 e. The molecule has 0 radical (unpaired) electrons. The summed E-state index contributed by atoms with van der Waals surface area (Å²) in [6, 6.07) is 18.5. The molecule has 180 valence electrons. The largest absolute Gasteiger partial charge is 0.378 e. The van der Waals surface area contributed by atoms with E-state index in [9.17, 15) is 23.1 Å². The van der Waals surface area contributed by atoms with Crippen LogP contribution < -0.4 is 14.9 Å². The average molecular weight is 494 g/mol. The molecule has 0 aromatic heterocycles. The Hall–Kier alpha value is -3.57. The first kappa shape index (κ1) is 23.2. The van der Waals surface area contributed by atoms with E-state index in [1.54, 1.807) is 36.4 Å². The number of amides is 2. The van der Waals surface area contributed by atoms with Crippen LogP contribution in [0.25, 0.3) is 0 Å². The van der Waals surface area contributed by atoms with Gasteiger partial charge in [0, 0.05) is 29.9 Å². The van der Waals surface area contributed by atoms with Crippen LogP contribution in [-0.4, -0.2) is 51.6 Å². The zero-order valence-electron chi connectivity index (χ0n) is 18.6. The third kappa shape index (κ3) is 3.90. The number of carbonyl (C=O) groups is 2. The summed E-state index contributed by atoms with van der Waals surface area (Å²) >= 11 is 0. The Morgan fingerprint density at radius 3 is 2.20 bits per heavy atom. The van der Waals surface area contributed by atoms with Crippen molar-refractivity contribution in [3.8, 4) is 0 Å². The van der Waals surface area contributed by atoms with Gasteiger partial charge in [0.15, 0.2) is 5.60 Å². The third-order valence-electron chi connectivity index (χ3n) is 6.34. The fourth-order valence-corrected chi connectivity index (χ4v) is 5.01. The fraction of sp³-hybridized carbons (Fsp3) is 0.200. The van der Waals surface area contributed by atoms with Gasteiger partial charge in [-0.15, -0.1) is 0 Å². The number of ether oxygens (including phenoxy) is 1. The number of rotatable bonds is 4. The maximum atomic E-state index is 13.6. The summed E-state index contributed by atoms with van der Waals surface area (Å²) in [6.07, 6.45) is 0. The quantitative estimate of drug-likeness (QED) is 0.528. The SMILES string of the molecule is NS(=O)(=O)c1ccc(C2(O)C(=O)N(C(=O)c3ccc(N4CCOCC4)cc3)c3ccccc32)cc1. The summed E-state index contributed by atoms with van der Waals surface area (Å²) < 4.78 is 28.6. The minimum Gasteiger partial charge on any atom is -0.378 e. The summed E-state index contributed by atoms with van der Waals surface area (Å²) in [5, 5.41) is 16.8. The van der Waals surface area contributed by atoms with Crippen LogP contribution in [0.15, 0.2) is 77.7 Å². The molecule has 2 amide bonds. The summed E-state index contributed by atoms with van der Waals surface area (Å²) in [5.41, 5.74) is -0.315. The number of anilines is 2. The smallest absolute Gasteiger partial charge is 0.275 e. The molecule has 0 saturated carbocycles. The van der Waals surface area contributed by atoms with Gasteiger partial charge in [-0.3, -0.25) is 9.59 Å². The highest BCUT2D eigenvalue weighted by Gasteiger charge is 2.53. The average Bonchev–Trinajstić information content (AvgIpc) is 3.11. The highest BCUT2D eigenvalue weighted by atomic mass is 32.2. The number of nitrogens with two attached hydrogens (primary N) is 1. The summed E-state index contributed by atoms with van der Waals surface area (Å²) in [5.74, 6) is -1.42. The van der Waals surface area contributed by atoms with Gasteiger partial charge in [0.2, 0.25) is 10.0 Å². The van der Waals surface area contributed by atoms with Crippen LogP contribution in [0.3, 0.4) is 0 Å². The Balaban J connectivity index is 1.50. The Bertz CT molecular complexity index is 1400. The van der Waals surface area contributed by atoms with E-state index in [1.807, 2.05) is 12.1 Å². The van der Waals surface area contributed by atoms with Crippen molar-refractivity contribution in [2.45, 2.75) is 10.5 Å². The van der Waals surface area contributed by atoms with Crippen molar-refractivity contribution in [1.82, 2.24) is 0 Å². The number of sulfonamides is 1. The Labute approximate surface area is 202 Å². The predicted molar refractivity (Wildman–Crippen MR) is 129 cm³/mol. The molecule has 1 fully saturated rings. The number of para-hydroxylation sites is 1. The van der Waals surface area contributed by atoms with Gasteiger partial charge in [-0.1, -0.05) is 30.3 Å². The molecule has 0 aliphatic carbocycles. The van der Waals surface area contributed by atoms with E-state index in [2.05, 4.69) is 4.90 Å². The molecule has 2 aliphatic rings. The van der Waals surface area contributed by atoms with E-state index in [4.69, 9.17) is 9.88 Å². The number of aliphatic hydroxyl groups is 1. The first-order valence-corrected chi connectivity index (χ1v) is 12.5. The van der Waals surface area contributed by atoms with Gasteiger partial charge in [-0.2, -0.15) is 0 Å². The Morgan fingerprint density at radius 1 is 0.943 bits per heavy atom. The lowest BCUT2D eigenvalue weighted by Crippen LogP contribution is -2.44. The molecule has 1 unspecified atom stereocenters. The van der Waals surface area contributed by atoms with Crippen LogP contribution in [0.2, 0.25) is 0 Å². The van der Waals surface area contributed by atoms with Crippen LogP contribution >= 0.6 is 0 Å². The second-order valence-corrected chi connectivity index (χ2v) is 9.95. The van der Waals surface area contributed by atoms with Crippen molar-refractivity contribution in [2.75, 3.05) is 36.1 Å². The van der Waals surface area contributed by atoms with Gasteiger partial charge in [-0.25, -0.2) is 18.5 Å². The molecule has 10 heteroatoms. The summed E-state index contributed by atoms with van der Waals surface area (Å²) in [6.45, 7) is 2.78. The number of fused-ring (bicyclic) bond motifs is 1. The fourth-order valence-electron chi connectivity index (χ4n) is 4.49. The van der Waals surface area contributed by atoms with Crippen LogP contribution in [0.1, 0.15) is 21.5 Å². The van der Waals surface area contributed by atoms with Gasteiger partial charge < -0.3 is 14.7 Å². The zero-order chi connectivity index (χ0) is 24.8. The van der Waals surface area contributed by atoms with Crippen LogP contribution in [0.5, 0.6) is 0 Å². The van der Waals surface area contributed by atoms with E-state index in [0.717, 1.165) is 23.7 Å². The molecule has 3 aromatic carbocycles. The van der Waals surface area contributed by atoms with Crippen molar-refractivity contribution in [1.29, 1.82) is 0 Å². The topological polar surface area (TPSA) is 130 Å². The van der Waals surface area contributed by atoms with Crippen molar-refractivity contribution < 1.29 is 27.9 Å². The number of benzene rings is 3. The molecule has 9 nitrogen and oxygen atoms in total. The van der Waals surface area contributed by atoms with E-state index in [0.29, 0.717) is 18.8 Å². The van der Waals surface area contributed by atoms with Gasteiger partial charge in [0.05, 0.1) is 23.8 Å². The molecular weight excluding hydrogens is 470 g/mol. The van der Waals surface area contributed by atoms with Crippen molar-refractivity contribution >= 4 is 33.2 Å². The molecule has 3 N–H and O–H groups in total. The highest BCUT2D eigenvalue weighted by Crippen LogP contribution is 2.45. The van der Waals surface area contributed by atoms with E-state index in [1.165, 1.54) is 24.3 Å². The van der Waals surface area contributed by atoms with Crippen molar-refractivity contribution in [2.24, 2.45) is 5.14 Å². The molecule has 0 bridgehead atoms. The monoisotopic (exact) mass is 493 g/mol. The second kappa shape index (κ2) is 8.58. The Morgan fingerprint density at radius 2 is 1.57 bits per heavy atom. The molecule has 1 atom stereocenters. The molecule has 2 heterocycles. The molecule has 35 heavy (non-hydrogen) atoms. The Kier molecular flexibility index (Phi) is 5.68. The molecule has 5 rings (SSSR count). The maximum absolute atomic E-state index is 13.6. The standard InChI is InChI=1S/C25H23N3O6S/c26-35(32,33)20-11-7-18(8-12-20)25(31)21-3-1-2-4-22(21)28(24(25)30)23(29)17-5-9-19(10-6-17)27-13-15-34-16-14-27/h1-12,31H,13-16H2,(H2,26,32,33). The molecule has 0 spiro atoms. The summed E-state index contributed by atoms with van der Waals surface area (Å²) in [4.78, 5) is 30.0. The number of hydrogen-bond donors (Lipinski definition) is 2. The molecule has 2 aliphatic heterocycles. The first-order chi connectivity index (χ1) is 16.7. The lowest BCUT2D eigenvalue weighted by atomic mass is 9.87. The van der Waals surface area contributed by atoms with E-state index in [-0.39, 0.29) is 21.7 Å². The van der Waals surface area contributed by atoms with Crippen LogP contribution in [0, 0.1) is 0 Å². The van der Waals surface area contributed by atoms with Crippen molar-refractivity contribution in [3.63, 3.8) is 0 Å². The van der Waals surface area contributed by atoms with Crippen LogP contribution in [-0.2, 0) is 25.2 Å². The minimum atomic E-state index is -3.95. The lowest BCUT2D eigenvalue weighted by molar-refractivity contribution is -0.131. The third-order valence-corrected chi connectivity index (χ3v) is 7.27. The number of primary sulfonamides is 1. The van der Waals surface area contributed by atoms with Gasteiger partial charge in [0.25, 0.3) is 11.8 Å². The van der Waals surface area contributed by atoms with Crippen LogP contribution in [0.4, 0.5) is 11.4 Å². The number of carbonyl (C=O) groups excluding carboxylic acids is 2.